The zero-order chi connectivity index (χ0) is 26.2. The third-order valence-electron chi connectivity index (χ3n) is 8.13. The minimum atomic E-state index is -1.43. The Hall–Kier alpha value is -4.14. The van der Waals surface area contributed by atoms with Gasteiger partial charge in [-0.15, -0.1) is 0 Å². The van der Waals surface area contributed by atoms with Gasteiger partial charge in [0.15, 0.2) is 0 Å². The van der Waals surface area contributed by atoms with E-state index in [2.05, 4.69) is 15.6 Å². The molecule has 3 aliphatic heterocycles. The van der Waals surface area contributed by atoms with Crippen LogP contribution in [0.25, 0.3) is 10.9 Å². The number of H-pyrrole nitrogens is 1. The van der Waals surface area contributed by atoms with Gasteiger partial charge in [-0.2, -0.15) is 0 Å². The molecule has 2 fully saturated rings. The van der Waals surface area contributed by atoms with Gasteiger partial charge in [0.05, 0.1) is 35.3 Å². The fourth-order valence-electron chi connectivity index (χ4n) is 6.51. The first kappa shape index (κ1) is 23.0. The van der Waals surface area contributed by atoms with Crippen molar-refractivity contribution in [3.05, 3.63) is 89.1 Å². The Morgan fingerprint density at radius 3 is 2.66 bits per heavy atom. The summed E-state index contributed by atoms with van der Waals surface area (Å²) in [5.41, 5.74) is 2.02. The number of nitrogens with zero attached hydrogens (tertiary/aromatic N) is 1. The average Bonchev–Trinajstić information content (AvgIpc) is 3.64. The van der Waals surface area contributed by atoms with Crippen molar-refractivity contribution >= 4 is 51.6 Å². The molecule has 4 heterocycles. The normalized spacial score (nSPS) is 25.8. The number of rotatable bonds is 4. The lowest BCUT2D eigenvalue weighted by Crippen LogP contribution is -2.53. The van der Waals surface area contributed by atoms with E-state index >= 15 is 0 Å². The molecule has 0 radical (unpaired) electrons. The van der Waals surface area contributed by atoms with Gasteiger partial charge in [0, 0.05) is 34.8 Å². The molecule has 38 heavy (non-hydrogen) atoms. The number of para-hydroxylation sites is 2. The van der Waals surface area contributed by atoms with Crippen molar-refractivity contribution in [2.45, 2.75) is 18.0 Å². The van der Waals surface area contributed by atoms with Gasteiger partial charge in [-0.05, 0) is 36.2 Å². The van der Waals surface area contributed by atoms with Gasteiger partial charge in [-0.25, -0.2) is 4.90 Å². The van der Waals surface area contributed by atoms with Crippen LogP contribution in [-0.2, 0) is 26.3 Å². The number of hydrogen-bond donors (Lipinski definition) is 3. The highest BCUT2D eigenvalue weighted by molar-refractivity contribution is 6.35. The molecular formula is C29H23ClN4O4. The van der Waals surface area contributed by atoms with Gasteiger partial charge in [0.25, 0.3) is 0 Å². The zero-order valence-corrected chi connectivity index (χ0v) is 21.1. The van der Waals surface area contributed by atoms with Crippen LogP contribution in [-0.4, -0.2) is 35.9 Å². The van der Waals surface area contributed by atoms with Gasteiger partial charge in [-0.3, -0.25) is 19.7 Å². The summed E-state index contributed by atoms with van der Waals surface area (Å²) in [4.78, 5) is 46.5. The number of methoxy groups -OCH3 is 1. The molecule has 4 aromatic rings. The molecule has 7 rings (SSSR count). The van der Waals surface area contributed by atoms with Gasteiger partial charge in [0.1, 0.15) is 11.3 Å². The number of imide groups is 1. The van der Waals surface area contributed by atoms with E-state index in [1.54, 1.807) is 42.5 Å². The molecule has 3 N–H and O–H groups in total. The average molecular weight is 527 g/mol. The zero-order valence-electron chi connectivity index (χ0n) is 20.3. The molecule has 1 aromatic heterocycles. The number of halogens is 1. The molecule has 0 unspecified atom stereocenters. The Balaban J connectivity index is 1.38. The number of fused-ring (bicyclic) bond motifs is 5. The Bertz CT molecular complexity index is 1670. The number of aromatic nitrogens is 1. The van der Waals surface area contributed by atoms with Crippen LogP contribution in [0.15, 0.2) is 72.9 Å². The first-order valence-electron chi connectivity index (χ1n) is 12.4. The second-order valence-corrected chi connectivity index (χ2v) is 10.4. The molecule has 8 nitrogen and oxygen atoms in total. The SMILES string of the molecule is COc1cccc(N2C(=O)[C@H]3[C@@H](C2=O)[C@@]2(N[C@@H]3Cc3c[nH]c4ccccc34)C(=O)Nc3c(Cl)cccc32)c1. The molecule has 3 aromatic carbocycles. The molecular weight excluding hydrogens is 504 g/mol. The smallest absolute Gasteiger partial charge is 0.250 e. The van der Waals surface area contributed by atoms with Crippen LogP contribution in [0.3, 0.4) is 0 Å². The summed E-state index contributed by atoms with van der Waals surface area (Å²) in [6.07, 6.45) is 2.37. The fourth-order valence-corrected chi connectivity index (χ4v) is 6.73. The maximum Gasteiger partial charge on any atom is 0.250 e. The lowest BCUT2D eigenvalue weighted by molar-refractivity contribution is -0.130. The highest BCUT2D eigenvalue weighted by Crippen LogP contribution is 2.55. The topological polar surface area (TPSA) is 104 Å². The van der Waals surface area contributed by atoms with Crippen molar-refractivity contribution in [2.75, 3.05) is 17.3 Å². The molecule has 0 saturated carbocycles. The van der Waals surface area contributed by atoms with Crippen LogP contribution in [0.4, 0.5) is 11.4 Å². The predicted molar refractivity (Wildman–Crippen MR) is 143 cm³/mol. The highest BCUT2D eigenvalue weighted by Gasteiger charge is 2.70. The van der Waals surface area contributed by atoms with Gasteiger partial charge >= 0.3 is 0 Å². The number of nitrogens with one attached hydrogen (secondary N) is 3. The van der Waals surface area contributed by atoms with Crippen molar-refractivity contribution in [2.24, 2.45) is 11.8 Å². The van der Waals surface area contributed by atoms with Crippen LogP contribution in [0, 0.1) is 11.8 Å². The van der Waals surface area contributed by atoms with E-state index in [4.69, 9.17) is 16.3 Å². The van der Waals surface area contributed by atoms with Crippen LogP contribution in [0.2, 0.25) is 5.02 Å². The number of hydrogen-bond acceptors (Lipinski definition) is 5. The Morgan fingerprint density at radius 2 is 1.82 bits per heavy atom. The van der Waals surface area contributed by atoms with E-state index in [9.17, 15) is 14.4 Å². The number of ether oxygens (including phenoxy) is 1. The second-order valence-electron chi connectivity index (χ2n) is 9.96. The third-order valence-corrected chi connectivity index (χ3v) is 8.44. The minimum Gasteiger partial charge on any atom is -0.497 e. The van der Waals surface area contributed by atoms with Crippen molar-refractivity contribution in [1.29, 1.82) is 0 Å². The second kappa shape index (κ2) is 8.18. The highest BCUT2D eigenvalue weighted by atomic mass is 35.5. The van der Waals surface area contributed by atoms with E-state index in [0.717, 1.165) is 16.5 Å². The lowest BCUT2D eigenvalue weighted by atomic mass is 9.76. The quantitative estimate of drug-likeness (QED) is 0.349. The van der Waals surface area contributed by atoms with E-state index in [-0.39, 0.29) is 11.8 Å². The van der Waals surface area contributed by atoms with Crippen molar-refractivity contribution in [1.82, 2.24) is 10.3 Å². The molecule has 9 heteroatoms. The van der Waals surface area contributed by atoms with E-state index in [1.807, 2.05) is 30.5 Å². The summed E-state index contributed by atoms with van der Waals surface area (Å²) in [6.45, 7) is 0. The van der Waals surface area contributed by atoms with E-state index in [1.165, 1.54) is 12.0 Å². The summed E-state index contributed by atoms with van der Waals surface area (Å²) in [5.74, 6) is -2.34. The fraction of sp³-hybridized carbons (Fsp3) is 0.207. The van der Waals surface area contributed by atoms with Gasteiger partial charge < -0.3 is 15.0 Å². The molecule has 1 spiro atoms. The van der Waals surface area contributed by atoms with Crippen molar-refractivity contribution in [3.63, 3.8) is 0 Å². The van der Waals surface area contributed by atoms with Gasteiger partial charge in [0.2, 0.25) is 17.7 Å². The van der Waals surface area contributed by atoms with Crippen LogP contribution in [0.1, 0.15) is 11.1 Å². The number of benzene rings is 3. The summed E-state index contributed by atoms with van der Waals surface area (Å²) in [7, 11) is 1.53. The Kier molecular flexibility index (Phi) is 4.95. The van der Waals surface area contributed by atoms with Gasteiger partial charge in [-0.1, -0.05) is 48.0 Å². The summed E-state index contributed by atoms with van der Waals surface area (Å²) < 4.78 is 5.34. The summed E-state index contributed by atoms with van der Waals surface area (Å²) in [5, 5.41) is 7.79. The van der Waals surface area contributed by atoms with E-state index < -0.39 is 29.3 Å². The standard InChI is InChI=1S/C29H23ClN4O4/c1-38-17-7-4-6-16(13-17)34-26(35)23-22(12-15-14-31-21-11-3-2-8-18(15)21)33-29(24(23)27(34)36)19-9-5-10-20(30)25(19)32-28(29)37/h2-11,13-14,22-24,31,33H,12H2,1H3,(H,32,37)/t22-,23-,24+,29-/m1/s1. The monoisotopic (exact) mass is 526 g/mol. The molecule has 0 aliphatic carbocycles. The van der Waals surface area contributed by atoms with Crippen LogP contribution >= 0.6 is 11.6 Å². The predicted octanol–water partition coefficient (Wildman–Crippen LogP) is 4.00. The molecule has 190 valence electrons. The Labute approximate surface area is 222 Å². The van der Waals surface area contributed by atoms with Crippen molar-refractivity contribution < 1.29 is 19.1 Å². The lowest BCUT2D eigenvalue weighted by Gasteiger charge is -2.29. The maximum absolute atomic E-state index is 14.2. The minimum absolute atomic E-state index is 0.342. The third kappa shape index (κ3) is 2.98. The van der Waals surface area contributed by atoms with Crippen LogP contribution in [0.5, 0.6) is 5.75 Å². The number of anilines is 2. The summed E-state index contributed by atoms with van der Waals surface area (Å²) >= 11 is 6.46. The number of carbonyl (C=O) groups is 3. The summed E-state index contributed by atoms with van der Waals surface area (Å²) in [6, 6.07) is 19.5. The number of amides is 3. The number of aromatic amines is 1. The first-order chi connectivity index (χ1) is 18.4. The van der Waals surface area contributed by atoms with Crippen LogP contribution < -0.4 is 20.3 Å². The first-order valence-corrected chi connectivity index (χ1v) is 12.8. The maximum atomic E-state index is 14.2. The molecule has 3 aliphatic rings. The molecule has 0 bridgehead atoms. The Morgan fingerprint density at radius 1 is 1.00 bits per heavy atom. The number of carbonyl (C=O) groups excluding carboxylic acids is 3. The van der Waals surface area contributed by atoms with Crippen molar-refractivity contribution in [3.8, 4) is 5.75 Å². The largest absolute Gasteiger partial charge is 0.497 e. The molecule has 4 atom stereocenters. The molecule has 2 saturated heterocycles. The molecule has 3 amide bonds. The van der Waals surface area contributed by atoms with E-state index in [0.29, 0.717) is 34.1 Å².